The van der Waals surface area contributed by atoms with Crippen LogP contribution in [0.3, 0.4) is 0 Å². The fourth-order valence-electron chi connectivity index (χ4n) is 4.31. The molecular formula is C25H24F2N6O3S2. The highest BCUT2D eigenvalue weighted by Crippen LogP contribution is 2.31. The molecule has 198 valence electrons. The Bertz CT molecular complexity index is 1570. The van der Waals surface area contributed by atoms with E-state index in [0.717, 1.165) is 34.7 Å². The van der Waals surface area contributed by atoms with Gasteiger partial charge in [-0.25, -0.2) is 27.2 Å². The van der Waals surface area contributed by atoms with Crippen LogP contribution >= 0.6 is 11.3 Å². The second-order valence-corrected chi connectivity index (χ2v) is 11.9. The Hall–Kier alpha value is -3.68. The van der Waals surface area contributed by atoms with Gasteiger partial charge in [-0.2, -0.15) is 4.31 Å². The lowest BCUT2D eigenvalue weighted by atomic mass is 10.1. The molecule has 0 aliphatic carbocycles. The van der Waals surface area contributed by atoms with Gasteiger partial charge in [0.2, 0.25) is 15.8 Å². The SMILES string of the molecule is Cn1cnc(-c2ccc(S(=O)(=O)N3CCC(Nc4nc(N)c(C(=O)c5c(F)cccc5F)s4)CC3)cc2)c1. The molecule has 0 bridgehead atoms. The average Bonchev–Trinajstić information content (AvgIpc) is 3.49. The van der Waals surface area contributed by atoms with Crippen molar-refractivity contribution in [2.75, 3.05) is 24.1 Å². The number of thiazole rings is 1. The summed E-state index contributed by atoms with van der Waals surface area (Å²) in [4.78, 5) is 21.3. The summed E-state index contributed by atoms with van der Waals surface area (Å²) in [6.07, 6.45) is 4.53. The molecular weight excluding hydrogens is 534 g/mol. The molecule has 0 amide bonds. The van der Waals surface area contributed by atoms with Crippen molar-refractivity contribution in [1.29, 1.82) is 0 Å². The van der Waals surface area contributed by atoms with Gasteiger partial charge in [-0.05, 0) is 37.1 Å². The molecule has 0 atom stereocenters. The van der Waals surface area contributed by atoms with E-state index < -0.39 is 33.0 Å². The van der Waals surface area contributed by atoms with Crippen LogP contribution in [0.2, 0.25) is 0 Å². The number of hydrogen-bond donors (Lipinski definition) is 2. The lowest BCUT2D eigenvalue weighted by Crippen LogP contribution is -2.42. The molecule has 38 heavy (non-hydrogen) atoms. The van der Waals surface area contributed by atoms with Gasteiger partial charge in [-0.1, -0.05) is 29.5 Å². The third-order valence-corrected chi connectivity index (χ3v) is 9.24. The lowest BCUT2D eigenvalue weighted by Gasteiger charge is -2.31. The van der Waals surface area contributed by atoms with Gasteiger partial charge in [0.1, 0.15) is 22.3 Å². The number of nitrogens with zero attached hydrogens (tertiary/aromatic N) is 4. The van der Waals surface area contributed by atoms with Crippen molar-refractivity contribution in [3.63, 3.8) is 0 Å². The summed E-state index contributed by atoms with van der Waals surface area (Å²) in [6.45, 7) is 0.574. The number of carbonyl (C=O) groups is 1. The van der Waals surface area contributed by atoms with Crippen LogP contribution in [0.15, 0.2) is 59.9 Å². The topological polar surface area (TPSA) is 123 Å². The first-order valence-corrected chi connectivity index (χ1v) is 14.0. The number of nitrogen functional groups attached to an aromatic ring is 1. The smallest absolute Gasteiger partial charge is 0.243 e. The number of imidazole rings is 1. The second-order valence-electron chi connectivity index (χ2n) is 8.93. The van der Waals surface area contributed by atoms with Crippen LogP contribution in [-0.2, 0) is 17.1 Å². The van der Waals surface area contributed by atoms with E-state index in [4.69, 9.17) is 5.73 Å². The Morgan fingerprint density at radius 3 is 2.37 bits per heavy atom. The van der Waals surface area contributed by atoms with Crippen LogP contribution in [0.1, 0.15) is 28.1 Å². The van der Waals surface area contributed by atoms with E-state index in [1.54, 1.807) is 30.6 Å². The Morgan fingerprint density at radius 1 is 1.11 bits per heavy atom. The number of aryl methyl sites for hydroxylation is 1. The van der Waals surface area contributed by atoms with E-state index in [9.17, 15) is 22.0 Å². The van der Waals surface area contributed by atoms with Crippen LogP contribution in [0.25, 0.3) is 11.3 Å². The highest BCUT2D eigenvalue weighted by atomic mass is 32.2. The summed E-state index contributed by atoms with van der Waals surface area (Å²) in [5, 5.41) is 3.50. The zero-order valence-corrected chi connectivity index (χ0v) is 21.9. The molecule has 9 nitrogen and oxygen atoms in total. The number of hydrogen-bond acceptors (Lipinski definition) is 8. The predicted molar refractivity (Wildman–Crippen MR) is 140 cm³/mol. The number of sulfonamides is 1. The molecule has 1 aliphatic heterocycles. The average molecular weight is 559 g/mol. The van der Waals surface area contributed by atoms with Gasteiger partial charge in [-0.3, -0.25) is 4.79 Å². The lowest BCUT2D eigenvalue weighted by molar-refractivity contribution is 0.103. The second kappa shape index (κ2) is 10.2. The maximum absolute atomic E-state index is 14.1. The molecule has 0 unspecified atom stereocenters. The van der Waals surface area contributed by atoms with Gasteiger partial charge in [0.25, 0.3) is 0 Å². The van der Waals surface area contributed by atoms with Gasteiger partial charge in [0.05, 0.1) is 22.5 Å². The molecule has 1 saturated heterocycles. The first-order chi connectivity index (χ1) is 18.1. The summed E-state index contributed by atoms with van der Waals surface area (Å²) in [7, 11) is -1.81. The van der Waals surface area contributed by atoms with Crippen LogP contribution in [0.5, 0.6) is 0 Å². The predicted octanol–water partition coefficient (Wildman–Crippen LogP) is 3.90. The number of nitrogens with one attached hydrogen (secondary N) is 1. The third-order valence-electron chi connectivity index (χ3n) is 6.32. The third kappa shape index (κ3) is 5.04. The van der Waals surface area contributed by atoms with Gasteiger partial charge >= 0.3 is 0 Å². The van der Waals surface area contributed by atoms with E-state index in [1.165, 1.54) is 10.4 Å². The molecule has 1 aliphatic rings. The Kier molecular flexibility index (Phi) is 6.99. The molecule has 0 radical (unpaired) electrons. The molecule has 5 rings (SSSR count). The van der Waals surface area contributed by atoms with Crippen LogP contribution < -0.4 is 11.1 Å². The van der Waals surface area contributed by atoms with Crippen LogP contribution in [0, 0.1) is 11.6 Å². The molecule has 13 heteroatoms. The summed E-state index contributed by atoms with van der Waals surface area (Å²) in [5.74, 6) is -2.95. The van der Waals surface area contributed by atoms with E-state index in [-0.39, 0.29) is 34.7 Å². The van der Waals surface area contributed by atoms with E-state index in [1.807, 2.05) is 17.8 Å². The molecule has 2 aromatic carbocycles. The Morgan fingerprint density at radius 2 is 1.76 bits per heavy atom. The van der Waals surface area contributed by atoms with Crippen molar-refractivity contribution in [2.45, 2.75) is 23.8 Å². The van der Waals surface area contributed by atoms with Crippen molar-refractivity contribution >= 4 is 38.1 Å². The first-order valence-electron chi connectivity index (χ1n) is 11.7. The molecule has 0 spiro atoms. The van der Waals surface area contributed by atoms with Gasteiger partial charge in [0, 0.05) is 37.9 Å². The van der Waals surface area contributed by atoms with Crippen molar-refractivity contribution in [1.82, 2.24) is 18.8 Å². The minimum absolute atomic E-state index is 0.0642. The molecule has 4 aromatic rings. The molecule has 0 saturated carbocycles. The standard InChI is InChI=1S/C25H24F2N6O3S2/c1-32-13-20(29-14-32)15-5-7-17(8-6-15)38(35,36)33-11-9-16(10-12-33)30-25-31-24(28)23(37-25)22(34)21-18(26)3-2-4-19(21)27/h2-8,13-14,16H,9-12,28H2,1H3,(H,30,31). The van der Waals surface area contributed by atoms with Crippen LogP contribution in [-0.4, -0.2) is 52.2 Å². The van der Waals surface area contributed by atoms with Crippen molar-refractivity contribution in [2.24, 2.45) is 7.05 Å². The quantitative estimate of drug-likeness (QED) is 0.330. The fraction of sp³-hybridized carbons (Fsp3) is 0.240. The van der Waals surface area contributed by atoms with Crippen molar-refractivity contribution in [3.05, 3.63) is 77.1 Å². The molecule has 1 fully saturated rings. The number of aromatic nitrogens is 3. The molecule has 3 heterocycles. The summed E-state index contributed by atoms with van der Waals surface area (Å²) >= 11 is 0.909. The van der Waals surface area contributed by atoms with Crippen molar-refractivity contribution in [3.8, 4) is 11.3 Å². The molecule has 2 aromatic heterocycles. The minimum Gasteiger partial charge on any atom is -0.382 e. The zero-order valence-electron chi connectivity index (χ0n) is 20.3. The zero-order chi connectivity index (χ0) is 27.0. The van der Waals surface area contributed by atoms with Gasteiger partial charge in [-0.15, -0.1) is 0 Å². The highest BCUT2D eigenvalue weighted by Gasteiger charge is 2.30. The minimum atomic E-state index is -3.67. The number of anilines is 2. The summed E-state index contributed by atoms with van der Waals surface area (Å²) in [6, 6.07) is 9.70. The van der Waals surface area contributed by atoms with E-state index in [2.05, 4.69) is 15.3 Å². The van der Waals surface area contributed by atoms with E-state index in [0.29, 0.717) is 18.0 Å². The number of halogens is 2. The largest absolute Gasteiger partial charge is 0.382 e. The Balaban J connectivity index is 1.22. The maximum atomic E-state index is 14.1. The highest BCUT2D eigenvalue weighted by molar-refractivity contribution is 7.89. The number of benzene rings is 2. The fourth-order valence-corrected chi connectivity index (χ4v) is 6.69. The Labute approximate surface area is 222 Å². The maximum Gasteiger partial charge on any atom is 0.243 e. The summed E-state index contributed by atoms with van der Waals surface area (Å²) in [5.41, 5.74) is 6.78. The number of carbonyl (C=O) groups excluding carboxylic acids is 1. The normalized spacial score (nSPS) is 15.0. The van der Waals surface area contributed by atoms with Gasteiger partial charge < -0.3 is 15.6 Å². The number of nitrogens with two attached hydrogens (primary N) is 1. The van der Waals surface area contributed by atoms with E-state index >= 15 is 0 Å². The van der Waals surface area contributed by atoms with Crippen LogP contribution in [0.4, 0.5) is 19.7 Å². The number of piperidine rings is 1. The monoisotopic (exact) mass is 558 g/mol. The van der Waals surface area contributed by atoms with Gasteiger partial charge in [0.15, 0.2) is 5.13 Å². The number of rotatable bonds is 7. The number of ketones is 1. The summed E-state index contributed by atoms with van der Waals surface area (Å²) < 4.78 is 57.7. The van der Waals surface area contributed by atoms with Crippen molar-refractivity contribution < 1.29 is 22.0 Å². The first kappa shape index (κ1) is 25.9. The molecule has 3 N–H and O–H groups in total.